The summed E-state index contributed by atoms with van der Waals surface area (Å²) in [6.45, 7) is 1.77. The van der Waals surface area contributed by atoms with E-state index >= 15 is 0 Å². The summed E-state index contributed by atoms with van der Waals surface area (Å²) in [5, 5.41) is 0. The number of hydrogen-bond donors (Lipinski definition) is 0. The average Bonchev–Trinajstić information content (AvgIpc) is 3.01. The lowest BCUT2D eigenvalue weighted by molar-refractivity contribution is 0.281. The number of ether oxygens (including phenoxy) is 3. The highest BCUT2D eigenvalue weighted by molar-refractivity contribution is 7.61. The van der Waals surface area contributed by atoms with Gasteiger partial charge in [-0.1, -0.05) is 0 Å². The van der Waals surface area contributed by atoms with Crippen molar-refractivity contribution in [3.8, 4) is 28.4 Å². The van der Waals surface area contributed by atoms with Gasteiger partial charge in [0.05, 0.1) is 27.6 Å². The largest absolute Gasteiger partial charge is 0.493 e. The van der Waals surface area contributed by atoms with Crippen molar-refractivity contribution in [3.63, 3.8) is 0 Å². The second-order valence-corrected chi connectivity index (χ2v) is 6.96. The Labute approximate surface area is 141 Å². The van der Waals surface area contributed by atoms with E-state index in [1.807, 2.05) is 6.07 Å². The summed E-state index contributed by atoms with van der Waals surface area (Å²) in [5.41, 5.74) is 2.19. The molecule has 0 saturated carbocycles. The summed E-state index contributed by atoms with van der Waals surface area (Å²) in [7, 11) is 3.74. The second-order valence-electron chi connectivity index (χ2n) is 4.82. The van der Waals surface area contributed by atoms with Crippen LogP contribution in [0, 0.1) is 6.92 Å². The molecule has 132 valence electrons. The molecule has 0 bridgehead atoms. The lowest BCUT2D eigenvalue weighted by atomic mass is 10.0. The third kappa shape index (κ3) is 2.90. The topological polar surface area (TPSA) is 76.4 Å². The maximum Gasteiger partial charge on any atom is 0.396 e. The molecule has 1 aromatic carbocycles. The van der Waals surface area contributed by atoms with Crippen LogP contribution in [0.25, 0.3) is 11.1 Å². The van der Waals surface area contributed by atoms with Crippen molar-refractivity contribution in [2.75, 3.05) is 35.5 Å². The monoisotopic (exact) mass is 356 g/mol. The van der Waals surface area contributed by atoms with Gasteiger partial charge in [0.25, 0.3) is 0 Å². The van der Waals surface area contributed by atoms with Crippen LogP contribution in [0.4, 0.5) is 0 Å². The molecule has 2 rings (SSSR count). The van der Waals surface area contributed by atoms with E-state index in [2.05, 4.69) is 0 Å². The first kappa shape index (κ1) is 18.4. The number of methoxy groups -OCH3 is 3. The van der Waals surface area contributed by atoms with Gasteiger partial charge in [0.15, 0.2) is 11.5 Å². The van der Waals surface area contributed by atoms with E-state index in [1.165, 1.54) is 34.7 Å². The zero-order valence-corrected chi connectivity index (χ0v) is 15.4. The fraction of sp³-hybridized carbons (Fsp3) is 0.375. The third-order valence-electron chi connectivity index (χ3n) is 3.74. The average molecular weight is 356 g/mol. The molecular weight excluding hydrogens is 335 g/mol. The minimum Gasteiger partial charge on any atom is -0.493 e. The van der Waals surface area contributed by atoms with Gasteiger partial charge in [-0.2, -0.15) is 0 Å². The first-order valence-electron chi connectivity index (χ1n) is 7.06. The molecule has 0 saturated heterocycles. The number of furan rings is 1. The van der Waals surface area contributed by atoms with Crippen molar-refractivity contribution in [1.29, 1.82) is 0 Å². The van der Waals surface area contributed by atoms with Crippen molar-refractivity contribution in [2.24, 2.45) is 0 Å². The van der Waals surface area contributed by atoms with Crippen LogP contribution in [0.1, 0.15) is 5.56 Å². The number of hydrogen-bond acceptors (Lipinski definition) is 7. The predicted molar refractivity (Wildman–Crippen MR) is 89.8 cm³/mol. The van der Waals surface area contributed by atoms with Crippen LogP contribution in [0.3, 0.4) is 0 Å². The normalized spacial score (nSPS) is 11.4. The Morgan fingerprint density at radius 2 is 1.50 bits per heavy atom. The lowest BCUT2D eigenvalue weighted by Crippen LogP contribution is -2.08. The molecule has 0 unspecified atom stereocenters. The summed E-state index contributed by atoms with van der Waals surface area (Å²) >= 11 is 0. The van der Waals surface area contributed by atoms with E-state index in [0.29, 0.717) is 33.9 Å². The Bertz CT molecular complexity index is 758. The number of rotatable bonds is 7. The van der Waals surface area contributed by atoms with Gasteiger partial charge >= 0.3 is 7.60 Å². The molecule has 0 aliphatic carbocycles. The van der Waals surface area contributed by atoms with Crippen LogP contribution in [0.15, 0.2) is 22.8 Å². The van der Waals surface area contributed by atoms with Crippen LogP contribution in [0.2, 0.25) is 0 Å². The molecule has 2 aromatic rings. The molecular formula is C16H21O7P. The van der Waals surface area contributed by atoms with Crippen LogP contribution in [-0.4, -0.2) is 35.5 Å². The van der Waals surface area contributed by atoms with E-state index in [0.717, 1.165) is 0 Å². The van der Waals surface area contributed by atoms with Crippen LogP contribution in [0.5, 0.6) is 17.2 Å². The maximum atomic E-state index is 12.6. The Hall–Kier alpha value is -1.95. The Kier molecular flexibility index (Phi) is 5.59. The molecule has 0 aliphatic heterocycles. The van der Waals surface area contributed by atoms with Gasteiger partial charge in [0, 0.05) is 30.9 Å². The van der Waals surface area contributed by atoms with Gasteiger partial charge in [-0.15, -0.1) is 0 Å². The fourth-order valence-corrected chi connectivity index (χ4v) is 3.69. The molecule has 0 fully saturated rings. The van der Waals surface area contributed by atoms with E-state index in [1.54, 1.807) is 20.1 Å². The zero-order valence-electron chi connectivity index (χ0n) is 14.5. The molecule has 24 heavy (non-hydrogen) atoms. The summed E-state index contributed by atoms with van der Waals surface area (Å²) in [6, 6.07) is 3.57. The summed E-state index contributed by atoms with van der Waals surface area (Å²) < 4.78 is 44.2. The highest BCUT2D eigenvalue weighted by Gasteiger charge is 2.33. The summed E-state index contributed by atoms with van der Waals surface area (Å²) in [4.78, 5) is 0. The molecule has 1 heterocycles. The molecule has 0 amide bonds. The standard InChI is InChI=1S/C16H21O7P/c1-10-12(9-23-16(10)24(17,21-5)22-6)11-7-8-13(18-2)15(20-4)14(11)19-3/h7-9H,1-6H3. The minimum atomic E-state index is -3.49. The molecule has 0 N–H and O–H groups in total. The number of benzene rings is 1. The van der Waals surface area contributed by atoms with Crippen molar-refractivity contribution in [3.05, 3.63) is 24.0 Å². The highest BCUT2D eigenvalue weighted by Crippen LogP contribution is 2.50. The molecule has 0 spiro atoms. The summed E-state index contributed by atoms with van der Waals surface area (Å²) in [6.07, 6.45) is 1.49. The van der Waals surface area contributed by atoms with Crippen LogP contribution < -0.4 is 19.7 Å². The molecule has 8 heteroatoms. The van der Waals surface area contributed by atoms with E-state index in [4.69, 9.17) is 27.7 Å². The molecule has 7 nitrogen and oxygen atoms in total. The van der Waals surface area contributed by atoms with Crippen molar-refractivity contribution >= 4 is 13.1 Å². The summed E-state index contributed by atoms with van der Waals surface area (Å²) in [5.74, 6) is 1.48. The molecule has 0 aliphatic rings. The van der Waals surface area contributed by atoms with Crippen molar-refractivity contribution in [2.45, 2.75) is 6.92 Å². The Morgan fingerprint density at radius 3 is 2.00 bits per heavy atom. The predicted octanol–water partition coefficient (Wildman–Crippen LogP) is 3.39. The highest BCUT2D eigenvalue weighted by atomic mass is 31.2. The van der Waals surface area contributed by atoms with Crippen LogP contribution >= 0.6 is 7.60 Å². The van der Waals surface area contributed by atoms with Crippen LogP contribution in [-0.2, 0) is 13.6 Å². The van der Waals surface area contributed by atoms with Gasteiger partial charge < -0.3 is 27.7 Å². The SMILES string of the molecule is COc1ccc(-c2coc(P(=O)(OC)OC)c2C)c(OC)c1OC. The van der Waals surface area contributed by atoms with Crippen molar-refractivity contribution < 1.29 is 32.2 Å². The smallest absolute Gasteiger partial charge is 0.396 e. The van der Waals surface area contributed by atoms with E-state index < -0.39 is 7.60 Å². The molecule has 0 atom stereocenters. The van der Waals surface area contributed by atoms with Gasteiger partial charge in [-0.3, -0.25) is 4.57 Å². The van der Waals surface area contributed by atoms with Gasteiger partial charge in [-0.25, -0.2) is 0 Å². The maximum absolute atomic E-state index is 12.6. The van der Waals surface area contributed by atoms with E-state index in [9.17, 15) is 4.57 Å². The zero-order chi connectivity index (χ0) is 17.9. The Morgan fingerprint density at radius 1 is 0.875 bits per heavy atom. The first-order valence-corrected chi connectivity index (χ1v) is 8.61. The minimum absolute atomic E-state index is 0.152. The second kappa shape index (κ2) is 7.30. The first-order chi connectivity index (χ1) is 11.5. The molecule has 0 radical (unpaired) electrons. The van der Waals surface area contributed by atoms with Crippen molar-refractivity contribution in [1.82, 2.24) is 0 Å². The lowest BCUT2D eigenvalue weighted by Gasteiger charge is -2.16. The quantitative estimate of drug-likeness (QED) is 0.704. The fourth-order valence-electron chi connectivity index (χ4n) is 2.50. The van der Waals surface area contributed by atoms with Gasteiger partial charge in [-0.05, 0) is 19.1 Å². The molecule has 1 aromatic heterocycles. The van der Waals surface area contributed by atoms with Gasteiger partial charge in [0.2, 0.25) is 11.3 Å². The van der Waals surface area contributed by atoms with E-state index in [-0.39, 0.29) is 5.50 Å². The third-order valence-corrected chi connectivity index (χ3v) is 5.64. The Balaban J connectivity index is 2.66. The van der Waals surface area contributed by atoms with Gasteiger partial charge in [0.1, 0.15) is 0 Å².